The van der Waals surface area contributed by atoms with Crippen LogP contribution in [0.2, 0.25) is 0 Å². The van der Waals surface area contributed by atoms with E-state index in [1.54, 1.807) is 5.56 Å². The largest absolute Gasteiger partial charge is 0.303 e. The second-order valence-corrected chi connectivity index (χ2v) is 7.94. The Kier molecular flexibility index (Phi) is 7.36. The van der Waals surface area contributed by atoms with Crippen LogP contribution in [0.4, 0.5) is 0 Å². The summed E-state index contributed by atoms with van der Waals surface area (Å²) in [7, 11) is 0. The van der Waals surface area contributed by atoms with Crippen LogP contribution in [0.25, 0.3) is 10.8 Å². The Morgan fingerprint density at radius 3 is 2.15 bits per heavy atom. The number of rotatable bonds is 5. The van der Waals surface area contributed by atoms with E-state index in [-0.39, 0.29) is 12.4 Å². The molecule has 0 radical (unpaired) electrons. The topological polar surface area (TPSA) is 6.48 Å². The average molecular weight is 373 g/mol. The highest BCUT2D eigenvalue weighted by Gasteiger charge is 2.21. The summed E-state index contributed by atoms with van der Waals surface area (Å²) in [5, 5.41) is 2.86. The molecule has 2 aliphatic rings. The molecule has 0 unspecified atom stereocenters. The molecular formula is C23H33ClN2. The van der Waals surface area contributed by atoms with Crippen molar-refractivity contribution in [3.05, 3.63) is 48.0 Å². The van der Waals surface area contributed by atoms with Gasteiger partial charge in [-0.15, -0.1) is 12.4 Å². The first kappa shape index (κ1) is 19.7. The van der Waals surface area contributed by atoms with E-state index in [4.69, 9.17) is 0 Å². The smallest absolute Gasteiger partial charge is 0.000654 e. The molecule has 0 amide bonds. The first-order valence-corrected chi connectivity index (χ1v) is 10.3. The lowest BCUT2D eigenvalue weighted by molar-refractivity contribution is 0.181. The van der Waals surface area contributed by atoms with Gasteiger partial charge in [0.1, 0.15) is 0 Å². The molecule has 2 nitrogen and oxygen atoms in total. The molecule has 3 heteroatoms. The van der Waals surface area contributed by atoms with Crippen molar-refractivity contribution < 1.29 is 0 Å². The molecular weight excluding hydrogens is 340 g/mol. The summed E-state index contributed by atoms with van der Waals surface area (Å²) >= 11 is 0. The van der Waals surface area contributed by atoms with E-state index < -0.39 is 0 Å². The maximum Gasteiger partial charge on any atom is -0.000654 e. The van der Waals surface area contributed by atoms with Crippen LogP contribution in [0.5, 0.6) is 0 Å². The van der Waals surface area contributed by atoms with E-state index in [1.165, 1.54) is 88.6 Å². The van der Waals surface area contributed by atoms with Gasteiger partial charge in [-0.2, -0.15) is 0 Å². The highest BCUT2D eigenvalue weighted by atomic mass is 35.5. The standard InChI is InChI=1S/C23H32N2.ClH/c1-4-14-24(15-5-1)16-7-17-25-18-12-21(13-19-25)23-11-6-9-20-8-2-3-10-22(20)23;/h2-3,6,8-11,21H,1,4-5,7,12-19H2;1H. The van der Waals surface area contributed by atoms with Crippen LogP contribution in [-0.4, -0.2) is 49.1 Å². The predicted octanol–water partition coefficient (Wildman–Crippen LogP) is 5.32. The zero-order valence-corrected chi connectivity index (χ0v) is 16.7. The molecule has 0 aliphatic carbocycles. The molecule has 142 valence electrons. The number of nitrogens with zero attached hydrogens (tertiary/aromatic N) is 2. The number of hydrogen-bond acceptors (Lipinski definition) is 2. The zero-order chi connectivity index (χ0) is 16.9. The quantitative estimate of drug-likeness (QED) is 0.701. The molecule has 2 aromatic carbocycles. The zero-order valence-electron chi connectivity index (χ0n) is 15.9. The third kappa shape index (κ3) is 4.79. The van der Waals surface area contributed by atoms with Crippen LogP contribution in [0.15, 0.2) is 42.5 Å². The van der Waals surface area contributed by atoms with Gasteiger partial charge in [0.25, 0.3) is 0 Å². The highest BCUT2D eigenvalue weighted by molar-refractivity contribution is 5.86. The van der Waals surface area contributed by atoms with E-state index in [2.05, 4.69) is 52.3 Å². The van der Waals surface area contributed by atoms with Crippen molar-refractivity contribution in [2.75, 3.05) is 39.3 Å². The Labute approximate surface area is 165 Å². The van der Waals surface area contributed by atoms with Gasteiger partial charge in [0, 0.05) is 0 Å². The van der Waals surface area contributed by atoms with Crippen molar-refractivity contribution in [1.29, 1.82) is 0 Å². The molecule has 2 aliphatic heterocycles. The van der Waals surface area contributed by atoms with Gasteiger partial charge in [-0.1, -0.05) is 48.9 Å². The summed E-state index contributed by atoms with van der Waals surface area (Å²) in [6.45, 7) is 7.82. The second-order valence-electron chi connectivity index (χ2n) is 7.94. The molecule has 2 saturated heterocycles. The molecule has 0 saturated carbocycles. The van der Waals surface area contributed by atoms with Crippen LogP contribution in [-0.2, 0) is 0 Å². The van der Waals surface area contributed by atoms with Gasteiger partial charge in [-0.3, -0.25) is 0 Å². The van der Waals surface area contributed by atoms with Gasteiger partial charge >= 0.3 is 0 Å². The molecule has 0 N–H and O–H groups in total. The van der Waals surface area contributed by atoms with Gasteiger partial charge in [-0.25, -0.2) is 0 Å². The minimum absolute atomic E-state index is 0. The van der Waals surface area contributed by atoms with Gasteiger partial charge in [-0.05, 0) is 93.6 Å². The van der Waals surface area contributed by atoms with Crippen LogP contribution >= 0.6 is 12.4 Å². The first-order chi connectivity index (χ1) is 12.4. The third-order valence-electron chi connectivity index (χ3n) is 6.25. The molecule has 0 bridgehead atoms. The van der Waals surface area contributed by atoms with Crippen LogP contribution < -0.4 is 0 Å². The number of hydrogen-bond donors (Lipinski definition) is 0. The minimum Gasteiger partial charge on any atom is -0.303 e. The second kappa shape index (κ2) is 9.73. The lowest BCUT2D eigenvalue weighted by Gasteiger charge is -2.33. The molecule has 0 spiro atoms. The predicted molar refractivity (Wildman–Crippen MR) is 115 cm³/mol. The number of piperidine rings is 2. The minimum atomic E-state index is 0. The Hall–Kier alpha value is -1.09. The van der Waals surface area contributed by atoms with Crippen molar-refractivity contribution in [3.63, 3.8) is 0 Å². The normalized spacial score (nSPS) is 20.2. The third-order valence-corrected chi connectivity index (χ3v) is 6.25. The van der Waals surface area contributed by atoms with E-state index in [0.29, 0.717) is 0 Å². The van der Waals surface area contributed by atoms with Gasteiger partial charge in [0.05, 0.1) is 0 Å². The Balaban J connectivity index is 0.00000196. The van der Waals surface area contributed by atoms with Gasteiger partial charge in [0.15, 0.2) is 0 Å². The maximum atomic E-state index is 2.70. The monoisotopic (exact) mass is 372 g/mol. The molecule has 2 aromatic rings. The average Bonchev–Trinajstić information content (AvgIpc) is 2.69. The van der Waals surface area contributed by atoms with Crippen LogP contribution in [0.3, 0.4) is 0 Å². The summed E-state index contributed by atoms with van der Waals surface area (Å²) in [4.78, 5) is 5.37. The van der Waals surface area contributed by atoms with Crippen molar-refractivity contribution in [2.45, 2.75) is 44.4 Å². The molecule has 26 heavy (non-hydrogen) atoms. The van der Waals surface area contributed by atoms with Gasteiger partial charge < -0.3 is 9.80 Å². The SMILES string of the molecule is Cl.c1ccc2c(C3CCN(CCCN4CCCCC4)CC3)cccc2c1. The van der Waals surface area contributed by atoms with E-state index in [1.807, 2.05) is 0 Å². The lowest BCUT2D eigenvalue weighted by atomic mass is 9.86. The molecule has 0 atom stereocenters. The highest BCUT2D eigenvalue weighted by Crippen LogP contribution is 2.33. The summed E-state index contributed by atoms with van der Waals surface area (Å²) in [5.41, 5.74) is 1.58. The molecule has 2 fully saturated rings. The Bertz CT molecular complexity index is 667. The number of halogens is 1. The van der Waals surface area contributed by atoms with Crippen LogP contribution in [0, 0.1) is 0 Å². The maximum absolute atomic E-state index is 2.70. The van der Waals surface area contributed by atoms with E-state index in [0.717, 1.165) is 5.92 Å². The van der Waals surface area contributed by atoms with Crippen molar-refractivity contribution in [1.82, 2.24) is 9.80 Å². The molecule has 2 heterocycles. The Morgan fingerprint density at radius 1 is 0.731 bits per heavy atom. The number of likely N-dealkylation sites (tertiary alicyclic amines) is 2. The first-order valence-electron chi connectivity index (χ1n) is 10.3. The fourth-order valence-corrected chi connectivity index (χ4v) is 4.77. The van der Waals surface area contributed by atoms with Crippen molar-refractivity contribution >= 4 is 23.2 Å². The summed E-state index contributed by atoms with van der Waals surface area (Å²) in [5.74, 6) is 0.740. The lowest BCUT2D eigenvalue weighted by Crippen LogP contribution is -2.36. The summed E-state index contributed by atoms with van der Waals surface area (Å²) in [6, 6.07) is 15.7. The van der Waals surface area contributed by atoms with Gasteiger partial charge in [0.2, 0.25) is 0 Å². The van der Waals surface area contributed by atoms with Crippen molar-refractivity contribution in [2.24, 2.45) is 0 Å². The van der Waals surface area contributed by atoms with E-state index >= 15 is 0 Å². The van der Waals surface area contributed by atoms with E-state index in [9.17, 15) is 0 Å². The Morgan fingerprint density at radius 2 is 1.38 bits per heavy atom. The molecule has 4 rings (SSSR count). The fraction of sp³-hybridized carbons (Fsp3) is 0.565. The fourth-order valence-electron chi connectivity index (χ4n) is 4.77. The van der Waals surface area contributed by atoms with Crippen LogP contribution in [0.1, 0.15) is 50.0 Å². The summed E-state index contributed by atoms with van der Waals surface area (Å²) in [6.07, 6.45) is 8.25. The summed E-state index contributed by atoms with van der Waals surface area (Å²) < 4.78 is 0. The molecule has 0 aromatic heterocycles. The van der Waals surface area contributed by atoms with Crippen molar-refractivity contribution in [3.8, 4) is 0 Å². The number of fused-ring (bicyclic) bond motifs is 1. The number of benzene rings is 2.